The summed E-state index contributed by atoms with van der Waals surface area (Å²) >= 11 is 0. The topological polar surface area (TPSA) is 40.9 Å². The van der Waals surface area contributed by atoms with E-state index < -0.39 is 0 Å². The minimum atomic E-state index is -0.352. The fourth-order valence-electron chi connectivity index (χ4n) is 3.36. The van der Waals surface area contributed by atoms with E-state index in [0.717, 1.165) is 41.6 Å². The normalized spacial score (nSPS) is 13.4. The zero-order valence-electron chi connectivity index (χ0n) is 17.8. The van der Waals surface area contributed by atoms with Crippen molar-refractivity contribution in [3.63, 3.8) is 0 Å². The van der Waals surface area contributed by atoms with Crippen LogP contribution in [0.1, 0.15) is 43.2 Å². The van der Waals surface area contributed by atoms with Crippen LogP contribution in [0, 0.1) is 26.8 Å². The van der Waals surface area contributed by atoms with Crippen LogP contribution in [-0.4, -0.2) is 15.4 Å². The summed E-state index contributed by atoms with van der Waals surface area (Å²) < 4.78 is 0. The van der Waals surface area contributed by atoms with Crippen molar-refractivity contribution in [3.8, 4) is 11.1 Å². The maximum Gasteiger partial charge on any atom is 4.00 e. The van der Waals surface area contributed by atoms with E-state index in [4.69, 9.17) is 5.73 Å². The van der Waals surface area contributed by atoms with E-state index in [2.05, 4.69) is 55.6 Å². The number of carbonyl (C=O) groups excluding carboxylic acids is 1. The number of carbonyl (C=O) groups is 1. The molecule has 0 unspecified atom stereocenters. The smallest absolute Gasteiger partial charge is 0.668 e. The molecule has 4 rings (SSSR count). The molecule has 1 saturated carbocycles. The number of benzene rings is 2. The third-order valence-electron chi connectivity index (χ3n) is 4.59. The van der Waals surface area contributed by atoms with Gasteiger partial charge in [0.05, 0.1) is 5.91 Å². The molecule has 0 atom stereocenters. The number of hydrogen-bond acceptors (Lipinski definition) is 1. The predicted octanol–water partition coefficient (Wildman–Crippen LogP) is 6.62. The van der Waals surface area contributed by atoms with Gasteiger partial charge in [0.25, 0.3) is 0 Å². The first-order chi connectivity index (χ1) is 12.2. The molecular formula is C24H34NOSiTi. The van der Waals surface area contributed by atoms with Gasteiger partial charge in [-0.25, -0.2) is 0 Å². The maximum atomic E-state index is 10.5. The van der Waals surface area contributed by atoms with E-state index in [1.807, 2.05) is 6.07 Å². The molecule has 0 heterocycles. The van der Waals surface area contributed by atoms with Crippen molar-refractivity contribution < 1.29 is 26.5 Å². The quantitative estimate of drug-likeness (QED) is 0.317. The van der Waals surface area contributed by atoms with Gasteiger partial charge in [-0.3, -0.25) is 0 Å². The van der Waals surface area contributed by atoms with Gasteiger partial charge in [0.1, 0.15) is 0 Å². The Balaban J connectivity index is 0. The Morgan fingerprint density at radius 3 is 2.14 bits per heavy atom. The van der Waals surface area contributed by atoms with Crippen molar-refractivity contribution >= 4 is 15.4 Å². The standard InChI is InChI=1S/C13H9.C7H13NO.C2H7Si.2CH3.Ti/c1-3-7-12-10(5-1)9-11-6-2-4-8-13(11)12;8-7(9)6-4-2-1-3-5-6;1-3-2;;;/h1-5,7-8H,9H2;6H,1-5H2,(H2,8,9);3H,1-2H3;2*1H3;/q-1;;;2*-1;+4/p-1. The number of nitrogens with one attached hydrogen (secondary N) is 1. The van der Waals surface area contributed by atoms with Crippen LogP contribution >= 0.6 is 0 Å². The number of amides is 1. The van der Waals surface area contributed by atoms with Crippen molar-refractivity contribution in [2.75, 3.05) is 0 Å². The molecule has 2 aliphatic rings. The van der Waals surface area contributed by atoms with E-state index in [1.165, 1.54) is 28.7 Å². The van der Waals surface area contributed by atoms with Crippen LogP contribution in [0.25, 0.3) is 16.9 Å². The van der Waals surface area contributed by atoms with Gasteiger partial charge < -0.3 is 25.4 Å². The second-order valence-electron chi connectivity index (χ2n) is 6.67. The molecule has 0 spiro atoms. The molecule has 2 aromatic carbocycles. The average molecular weight is 428 g/mol. The van der Waals surface area contributed by atoms with Crippen LogP contribution in [0.15, 0.2) is 42.5 Å². The molecule has 0 bridgehead atoms. The van der Waals surface area contributed by atoms with Gasteiger partial charge in [-0.15, -0.1) is 5.56 Å². The monoisotopic (exact) mass is 428 g/mol. The molecule has 2 aromatic rings. The predicted molar refractivity (Wildman–Crippen MR) is 121 cm³/mol. The summed E-state index contributed by atoms with van der Waals surface area (Å²) in [5.74, 6) is -0.270. The van der Waals surface area contributed by atoms with Gasteiger partial charge in [-0.1, -0.05) is 67.7 Å². The van der Waals surface area contributed by atoms with Crippen molar-refractivity contribution in [2.24, 2.45) is 5.92 Å². The zero-order chi connectivity index (χ0) is 18.1. The third kappa shape index (κ3) is 8.47. The maximum absolute atomic E-state index is 10.5. The van der Waals surface area contributed by atoms with Gasteiger partial charge in [0.15, 0.2) is 0 Å². The summed E-state index contributed by atoms with van der Waals surface area (Å²) in [5.41, 5.74) is 12.3. The van der Waals surface area contributed by atoms with Gasteiger partial charge in [0.2, 0.25) is 0 Å². The van der Waals surface area contributed by atoms with Crippen LogP contribution in [0.2, 0.25) is 13.1 Å². The van der Waals surface area contributed by atoms with Gasteiger partial charge in [-0.2, -0.15) is 29.8 Å². The molecule has 4 heteroatoms. The van der Waals surface area contributed by atoms with E-state index in [0.29, 0.717) is 0 Å². The Kier molecular flexibility index (Phi) is 16.3. The summed E-state index contributed by atoms with van der Waals surface area (Å²) in [6.45, 7) is 4.42. The molecule has 0 aromatic heterocycles. The Labute approximate surface area is 190 Å². The molecule has 0 saturated heterocycles. The number of fused-ring (bicyclic) bond motifs is 3. The number of rotatable bonds is 1. The zero-order valence-corrected chi connectivity index (χ0v) is 20.6. The second-order valence-corrected chi connectivity index (χ2v) is 7.83. The molecule has 1 N–H and O–H groups in total. The van der Waals surface area contributed by atoms with Crippen LogP contribution in [0.3, 0.4) is 0 Å². The Hall–Kier alpha value is -1.16. The first kappa shape index (κ1) is 29.0. The average Bonchev–Trinajstić information content (AvgIpc) is 3.02. The van der Waals surface area contributed by atoms with E-state index >= 15 is 0 Å². The Morgan fingerprint density at radius 2 is 1.57 bits per heavy atom. The molecule has 1 fully saturated rings. The second kappa shape index (κ2) is 15.7. The van der Waals surface area contributed by atoms with Gasteiger partial charge >= 0.3 is 21.7 Å². The number of hydrogen-bond donors (Lipinski definition) is 0. The fourth-order valence-corrected chi connectivity index (χ4v) is 3.36. The summed E-state index contributed by atoms with van der Waals surface area (Å²) in [4.78, 5) is 10.5. The van der Waals surface area contributed by atoms with E-state index in [9.17, 15) is 4.79 Å². The molecule has 0 aliphatic heterocycles. The first-order valence-electron chi connectivity index (χ1n) is 9.24. The summed E-state index contributed by atoms with van der Waals surface area (Å²) in [7, 11) is 0.750. The fraction of sp³-hybridized carbons (Fsp3) is 0.375. The molecule has 1 radical (unpaired) electrons. The van der Waals surface area contributed by atoms with Crippen molar-refractivity contribution in [1.82, 2.24) is 0 Å². The largest absolute Gasteiger partial charge is 4.00 e. The minimum absolute atomic E-state index is 0. The van der Waals surface area contributed by atoms with Crippen molar-refractivity contribution in [1.29, 1.82) is 0 Å². The van der Waals surface area contributed by atoms with E-state index in [1.54, 1.807) is 0 Å². The summed E-state index contributed by atoms with van der Waals surface area (Å²) in [6, 6.07) is 18.1. The molecule has 2 aliphatic carbocycles. The molecule has 149 valence electrons. The summed E-state index contributed by atoms with van der Waals surface area (Å²) in [6.07, 6.45) is 6.52. The first-order valence-corrected chi connectivity index (χ1v) is 11.6. The minimum Gasteiger partial charge on any atom is -0.668 e. The van der Waals surface area contributed by atoms with Crippen LogP contribution in [0.4, 0.5) is 0 Å². The molecule has 28 heavy (non-hydrogen) atoms. The Bertz CT molecular complexity index is 640. The van der Waals surface area contributed by atoms with Crippen LogP contribution in [0.5, 0.6) is 0 Å². The van der Waals surface area contributed by atoms with Crippen molar-refractivity contribution in [3.05, 3.63) is 80.2 Å². The summed E-state index contributed by atoms with van der Waals surface area (Å²) in [5, 5.41) is 0. The van der Waals surface area contributed by atoms with Gasteiger partial charge in [0, 0.05) is 15.4 Å². The van der Waals surface area contributed by atoms with E-state index in [-0.39, 0.29) is 48.4 Å². The Morgan fingerprint density at radius 1 is 1.00 bits per heavy atom. The van der Waals surface area contributed by atoms with Crippen LogP contribution in [-0.2, 0) is 32.9 Å². The molecule has 1 amide bonds. The molecule has 2 nitrogen and oxygen atoms in total. The van der Waals surface area contributed by atoms with Gasteiger partial charge in [-0.05, 0) is 19.3 Å². The SMILES string of the molecule is C[SiH]C.[CH3-].[CH3-].[NH-]C(=O)C1CCCCC1.[Ti+4].[c-]1cccc2c1Cc1ccccc1-2. The van der Waals surface area contributed by atoms with Crippen molar-refractivity contribution in [2.45, 2.75) is 51.6 Å². The third-order valence-corrected chi connectivity index (χ3v) is 4.59. The van der Waals surface area contributed by atoms with Crippen LogP contribution < -0.4 is 0 Å². The molecular weight excluding hydrogens is 394 g/mol.